The highest BCUT2D eigenvalue weighted by atomic mass is 16.3. The SMILES string of the molecule is CCCCc1ccc2oc3cc(-c4ccc5c(c4)c4ccccc4n5-c4cccc(-c5nc(C6=CC(C)CC=C6)nc(-c6ccccc6)n5)c4)ccc3c2c1. The third-order valence-corrected chi connectivity index (χ3v) is 10.9. The van der Waals surface area contributed by atoms with Crippen molar-refractivity contribution in [3.63, 3.8) is 0 Å². The van der Waals surface area contributed by atoms with E-state index >= 15 is 0 Å². The van der Waals surface area contributed by atoms with E-state index in [-0.39, 0.29) is 0 Å². The van der Waals surface area contributed by atoms with Gasteiger partial charge >= 0.3 is 0 Å². The second-order valence-corrected chi connectivity index (χ2v) is 14.8. The Labute approximate surface area is 320 Å². The quantitative estimate of drug-likeness (QED) is 0.157. The summed E-state index contributed by atoms with van der Waals surface area (Å²) < 4.78 is 8.75. The zero-order valence-electron chi connectivity index (χ0n) is 31.0. The fraction of sp³-hybridized carbons (Fsp3) is 0.140. The Balaban J connectivity index is 1.07. The van der Waals surface area contributed by atoms with Crippen molar-refractivity contribution in [1.29, 1.82) is 0 Å². The molecule has 5 nitrogen and oxygen atoms in total. The highest BCUT2D eigenvalue weighted by Gasteiger charge is 2.18. The topological polar surface area (TPSA) is 56.7 Å². The van der Waals surface area contributed by atoms with Crippen molar-refractivity contribution < 1.29 is 4.42 Å². The summed E-state index contributed by atoms with van der Waals surface area (Å²) in [5, 5.41) is 4.76. The summed E-state index contributed by atoms with van der Waals surface area (Å²) in [5.41, 5.74) is 11.8. The molecule has 0 spiro atoms. The first kappa shape index (κ1) is 33.0. The van der Waals surface area contributed by atoms with E-state index in [1.165, 1.54) is 34.6 Å². The minimum absolute atomic E-state index is 0.427. The van der Waals surface area contributed by atoms with Crippen LogP contribution in [-0.4, -0.2) is 19.5 Å². The molecule has 0 saturated carbocycles. The summed E-state index contributed by atoms with van der Waals surface area (Å²) in [5.74, 6) is 2.44. The van der Waals surface area contributed by atoms with Crippen molar-refractivity contribution in [1.82, 2.24) is 19.5 Å². The summed E-state index contributed by atoms with van der Waals surface area (Å²) in [6.07, 6.45) is 11.1. The summed E-state index contributed by atoms with van der Waals surface area (Å²) in [6, 6.07) is 47.5. The smallest absolute Gasteiger partial charge is 0.164 e. The van der Waals surface area contributed by atoms with E-state index in [0.717, 1.165) is 73.9 Å². The van der Waals surface area contributed by atoms with Crippen LogP contribution in [0.4, 0.5) is 0 Å². The van der Waals surface area contributed by atoms with Gasteiger partial charge in [0.2, 0.25) is 0 Å². The van der Waals surface area contributed by atoms with E-state index in [4.69, 9.17) is 19.4 Å². The molecule has 0 bridgehead atoms. The van der Waals surface area contributed by atoms with Crippen LogP contribution in [0.1, 0.15) is 44.5 Å². The molecule has 55 heavy (non-hydrogen) atoms. The maximum absolute atomic E-state index is 6.40. The fourth-order valence-corrected chi connectivity index (χ4v) is 8.09. The van der Waals surface area contributed by atoms with Crippen molar-refractivity contribution in [2.45, 2.75) is 39.5 Å². The molecule has 1 atom stereocenters. The molecule has 0 N–H and O–H groups in total. The molecule has 0 radical (unpaired) electrons. The van der Waals surface area contributed by atoms with Gasteiger partial charge in [-0.25, -0.2) is 15.0 Å². The van der Waals surface area contributed by atoms with Crippen LogP contribution in [0.3, 0.4) is 0 Å². The van der Waals surface area contributed by atoms with Crippen LogP contribution in [0.15, 0.2) is 156 Å². The minimum Gasteiger partial charge on any atom is -0.456 e. The number of benzene rings is 6. The number of allylic oxidation sites excluding steroid dienone is 4. The second-order valence-electron chi connectivity index (χ2n) is 14.8. The van der Waals surface area contributed by atoms with Crippen molar-refractivity contribution >= 4 is 49.3 Å². The van der Waals surface area contributed by atoms with Crippen LogP contribution in [-0.2, 0) is 6.42 Å². The Hall–Kier alpha value is -6.59. The van der Waals surface area contributed by atoms with Gasteiger partial charge in [-0.15, -0.1) is 0 Å². The number of unbranched alkanes of at least 4 members (excludes halogenated alkanes) is 1. The van der Waals surface area contributed by atoms with Gasteiger partial charge in [0.05, 0.1) is 11.0 Å². The van der Waals surface area contributed by atoms with Crippen molar-refractivity contribution in [3.8, 4) is 39.6 Å². The molecule has 266 valence electrons. The van der Waals surface area contributed by atoms with Crippen molar-refractivity contribution in [2.24, 2.45) is 5.92 Å². The zero-order chi connectivity index (χ0) is 36.9. The lowest BCUT2D eigenvalue weighted by Gasteiger charge is -2.14. The third kappa shape index (κ3) is 6.02. The fourth-order valence-electron chi connectivity index (χ4n) is 8.09. The molecule has 1 unspecified atom stereocenters. The van der Waals surface area contributed by atoms with Gasteiger partial charge in [0.25, 0.3) is 0 Å². The van der Waals surface area contributed by atoms with Crippen LogP contribution in [0.2, 0.25) is 0 Å². The number of nitrogens with zero attached hydrogens (tertiary/aromatic N) is 4. The van der Waals surface area contributed by atoms with Gasteiger partial charge in [0.15, 0.2) is 17.5 Å². The lowest BCUT2D eigenvalue weighted by molar-refractivity contribution is 0.668. The van der Waals surface area contributed by atoms with E-state index in [0.29, 0.717) is 23.4 Å². The number of hydrogen-bond donors (Lipinski definition) is 0. The van der Waals surface area contributed by atoms with Crippen LogP contribution in [0.25, 0.3) is 88.9 Å². The summed E-state index contributed by atoms with van der Waals surface area (Å²) in [4.78, 5) is 15.1. The van der Waals surface area contributed by atoms with E-state index in [2.05, 4.69) is 152 Å². The van der Waals surface area contributed by atoms with Crippen LogP contribution in [0, 0.1) is 5.92 Å². The molecule has 0 saturated heterocycles. The highest BCUT2D eigenvalue weighted by Crippen LogP contribution is 2.38. The monoisotopic (exact) mass is 712 g/mol. The van der Waals surface area contributed by atoms with Gasteiger partial charge in [-0.1, -0.05) is 117 Å². The largest absolute Gasteiger partial charge is 0.456 e. The summed E-state index contributed by atoms with van der Waals surface area (Å²) in [6.45, 7) is 4.47. The molecule has 1 aliphatic rings. The van der Waals surface area contributed by atoms with E-state index in [9.17, 15) is 0 Å². The number of furan rings is 1. The Kier molecular flexibility index (Phi) is 8.21. The standard InChI is InChI=1S/C50H40N4O/c1-3-4-13-33-21-26-46-43(28-33)41-24-22-36(31-47(41)55-46)35-23-25-45-42(30-35)40-19-8-9-20-44(40)54(45)39-18-11-17-38(29-39)50-52-48(34-14-6-5-7-15-34)51-49(53-50)37-16-10-12-32(2)27-37/h5-11,14-32H,3-4,12-13H2,1-2H3. The van der Waals surface area contributed by atoms with E-state index in [1.807, 2.05) is 18.2 Å². The first-order chi connectivity index (χ1) is 27.1. The van der Waals surface area contributed by atoms with Crippen LogP contribution in [0.5, 0.6) is 0 Å². The second kappa shape index (κ2) is 13.7. The van der Waals surface area contributed by atoms with Gasteiger partial charge in [-0.2, -0.15) is 0 Å². The van der Waals surface area contributed by atoms with E-state index < -0.39 is 0 Å². The molecule has 9 aromatic rings. The average molecular weight is 713 g/mol. The zero-order valence-corrected chi connectivity index (χ0v) is 31.0. The van der Waals surface area contributed by atoms with Crippen LogP contribution < -0.4 is 0 Å². The number of rotatable bonds is 8. The van der Waals surface area contributed by atoms with Crippen LogP contribution >= 0.6 is 0 Å². The number of aryl methyl sites for hydroxylation is 1. The predicted molar refractivity (Wildman–Crippen MR) is 227 cm³/mol. The van der Waals surface area contributed by atoms with Gasteiger partial charge in [-0.3, -0.25) is 0 Å². The Morgan fingerprint density at radius 1 is 0.600 bits per heavy atom. The molecular weight excluding hydrogens is 673 g/mol. The molecule has 6 aromatic carbocycles. The molecule has 0 amide bonds. The van der Waals surface area contributed by atoms with Gasteiger partial charge in [0.1, 0.15) is 11.2 Å². The molecule has 10 rings (SSSR count). The third-order valence-electron chi connectivity index (χ3n) is 10.9. The van der Waals surface area contributed by atoms with Crippen molar-refractivity contribution in [2.75, 3.05) is 0 Å². The molecule has 0 fully saturated rings. The lowest BCUT2D eigenvalue weighted by atomic mass is 9.97. The van der Waals surface area contributed by atoms with E-state index in [1.54, 1.807) is 0 Å². The average Bonchev–Trinajstić information content (AvgIpc) is 3.77. The normalized spacial score (nSPS) is 14.4. The summed E-state index contributed by atoms with van der Waals surface area (Å²) in [7, 11) is 0. The Morgan fingerprint density at radius 2 is 1.36 bits per heavy atom. The summed E-state index contributed by atoms with van der Waals surface area (Å²) >= 11 is 0. The Bertz CT molecular complexity index is 2970. The molecule has 3 heterocycles. The minimum atomic E-state index is 0.427. The Morgan fingerprint density at radius 3 is 2.24 bits per heavy atom. The van der Waals surface area contributed by atoms with Crippen molar-refractivity contribution in [3.05, 3.63) is 163 Å². The molecule has 0 aliphatic heterocycles. The van der Waals surface area contributed by atoms with Gasteiger partial charge in [0, 0.05) is 43.9 Å². The number of fused-ring (bicyclic) bond motifs is 6. The first-order valence-corrected chi connectivity index (χ1v) is 19.4. The molecular formula is C50H40N4O. The maximum atomic E-state index is 6.40. The number of hydrogen-bond acceptors (Lipinski definition) is 4. The predicted octanol–water partition coefficient (Wildman–Crippen LogP) is 13.2. The molecule has 3 aromatic heterocycles. The van der Waals surface area contributed by atoms with Gasteiger partial charge in [-0.05, 0) is 96.5 Å². The lowest BCUT2D eigenvalue weighted by Crippen LogP contribution is -2.05. The molecule has 5 heteroatoms. The highest BCUT2D eigenvalue weighted by molar-refractivity contribution is 6.11. The maximum Gasteiger partial charge on any atom is 0.164 e. The van der Waals surface area contributed by atoms with Gasteiger partial charge < -0.3 is 8.98 Å². The number of para-hydroxylation sites is 1. The first-order valence-electron chi connectivity index (χ1n) is 19.4. The number of aromatic nitrogens is 4. The molecule has 1 aliphatic carbocycles.